The van der Waals surface area contributed by atoms with Gasteiger partial charge in [-0.3, -0.25) is 4.79 Å². The molecule has 2 aromatic rings. The van der Waals surface area contributed by atoms with Crippen LogP contribution in [0.2, 0.25) is 0 Å². The third-order valence-corrected chi connectivity index (χ3v) is 4.00. The fraction of sp³-hybridized carbons (Fsp3) is 0.333. The molecule has 0 fully saturated rings. The van der Waals surface area contributed by atoms with Crippen LogP contribution in [0.5, 0.6) is 0 Å². The van der Waals surface area contributed by atoms with E-state index in [1.165, 1.54) is 0 Å². The predicted molar refractivity (Wildman–Crippen MR) is 84.3 cm³/mol. The number of aromatic nitrogens is 1. The van der Waals surface area contributed by atoms with Crippen LogP contribution in [0.4, 0.5) is 0 Å². The number of carbonyl (C=O) groups is 2. The number of hydrogen-bond acceptors (Lipinski definition) is 2. The number of H-pyrrole nitrogens is 1. The summed E-state index contributed by atoms with van der Waals surface area (Å²) < 4.78 is 0.643. The highest BCUT2D eigenvalue weighted by molar-refractivity contribution is 9.10. The van der Waals surface area contributed by atoms with E-state index in [4.69, 9.17) is 0 Å². The van der Waals surface area contributed by atoms with Crippen molar-refractivity contribution in [3.8, 4) is 0 Å². The Labute approximate surface area is 130 Å². The summed E-state index contributed by atoms with van der Waals surface area (Å²) in [5.74, 6) is -1.27. The highest BCUT2D eigenvalue weighted by Crippen LogP contribution is 2.27. The summed E-state index contributed by atoms with van der Waals surface area (Å²) in [4.78, 5) is 26.5. The molecule has 0 saturated carbocycles. The Kier molecular flexibility index (Phi) is 4.67. The Bertz CT molecular complexity index is 679. The van der Waals surface area contributed by atoms with Gasteiger partial charge in [-0.2, -0.15) is 0 Å². The second-order valence-electron chi connectivity index (χ2n) is 5.35. The van der Waals surface area contributed by atoms with Gasteiger partial charge in [0.1, 0.15) is 11.7 Å². The van der Waals surface area contributed by atoms with Crippen LogP contribution in [0.3, 0.4) is 0 Å². The van der Waals surface area contributed by atoms with Crippen molar-refractivity contribution in [1.82, 2.24) is 10.3 Å². The summed E-state index contributed by atoms with van der Waals surface area (Å²) >= 11 is 3.39. The number of fused-ring (bicyclic) bond motifs is 1. The van der Waals surface area contributed by atoms with E-state index in [-0.39, 0.29) is 5.92 Å². The standard InChI is InChI=1S/C15H17BrN2O3/c1-8(2)7-11(15(20)21)18-14(19)13-12(16)9-5-3-4-6-10(9)17-13/h3-6,8,11,17H,7H2,1-2H3,(H,18,19)(H,20,21)/t11-/m1/s1. The number of para-hydroxylation sites is 1. The minimum absolute atomic E-state index is 0.178. The Balaban J connectivity index is 2.25. The van der Waals surface area contributed by atoms with Crippen LogP contribution >= 0.6 is 15.9 Å². The molecule has 21 heavy (non-hydrogen) atoms. The Hall–Kier alpha value is -1.82. The molecule has 5 nitrogen and oxygen atoms in total. The van der Waals surface area contributed by atoms with Crippen molar-refractivity contribution in [3.63, 3.8) is 0 Å². The first kappa shape index (κ1) is 15.6. The molecule has 1 amide bonds. The zero-order valence-electron chi connectivity index (χ0n) is 11.8. The van der Waals surface area contributed by atoms with Crippen LogP contribution in [0, 0.1) is 5.92 Å². The average Bonchev–Trinajstić information content (AvgIpc) is 2.75. The maximum atomic E-state index is 12.3. The van der Waals surface area contributed by atoms with Gasteiger partial charge in [-0.05, 0) is 34.3 Å². The Morgan fingerprint density at radius 1 is 1.33 bits per heavy atom. The lowest BCUT2D eigenvalue weighted by atomic mass is 10.0. The molecule has 1 aromatic carbocycles. The largest absolute Gasteiger partial charge is 0.480 e. The number of benzene rings is 1. The van der Waals surface area contributed by atoms with E-state index in [9.17, 15) is 14.7 Å². The topological polar surface area (TPSA) is 82.2 Å². The quantitative estimate of drug-likeness (QED) is 0.772. The van der Waals surface area contributed by atoms with E-state index >= 15 is 0 Å². The van der Waals surface area contributed by atoms with Crippen molar-refractivity contribution in [1.29, 1.82) is 0 Å². The molecule has 0 aliphatic heterocycles. The summed E-state index contributed by atoms with van der Waals surface area (Å²) in [6.45, 7) is 3.84. The number of halogens is 1. The third kappa shape index (κ3) is 3.44. The SMILES string of the molecule is CC(C)C[C@@H](NC(=O)c1[nH]c2ccccc2c1Br)C(=O)O. The maximum absolute atomic E-state index is 12.3. The molecule has 112 valence electrons. The van der Waals surface area contributed by atoms with Crippen LogP contribution in [0.25, 0.3) is 10.9 Å². The zero-order valence-corrected chi connectivity index (χ0v) is 13.4. The van der Waals surface area contributed by atoms with Crippen molar-refractivity contribution in [3.05, 3.63) is 34.4 Å². The number of nitrogens with one attached hydrogen (secondary N) is 2. The number of carbonyl (C=O) groups excluding carboxylic acids is 1. The van der Waals surface area contributed by atoms with E-state index in [2.05, 4.69) is 26.2 Å². The molecule has 1 atom stereocenters. The molecule has 2 rings (SSSR count). The molecule has 0 spiro atoms. The number of aromatic amines is 1. The molecule has 0 aliphatic rings. The molecular weight excluding hydrogens is 336 g/mol. The summed E-state index contributed by atoms with van der Waals surface area (Å²) in [6.07, 6.45) is 0.388. The second kappa shape index (κ2) is 6.30. The van der Waals surface area contributed by atoms with E-state index in [0.717, 1.165) is 10.9 Å². The lowest BCUT2D eigenvalue weighted by Gasteiger charge is -2.16. The van der Waals surface area contributed by atoms with E-state index in [0.29, 0.717) is 16.6 Å². The summed E-state index contributed by atoms with van der Waals surface area (Å²) in [7, 11) is 0. The molecule has 3 N–H and O–H groups in total. The molecule has 1 heterocycles. The van der Waals surface area contributed by atoms with Crippen molar-refractivity contribution in [2.45, 2.75) is 26.3 Å². The molecule has 0 aliphatic carbocycles. The van der Waals surface area contributed by atoms with Crippen molar-refractivity contribution < 1.29 is 14.7 Å². The normalized spacial score (nSPS) is 12.6. The third-order valence-electron chi connectivity index (χ3n) is 3.18. The lowest BCUT2D eigenvalue weighted by molar-refractivity contribution is -0.139. The first-order valence-electron chi connectivity index (χ1n) is 6.70. The molecule has 0 bridgehead atoms. The molecule has 0 unspecified atom stereocenters. The van der Waals surface area contributed by atoms with E-state index in [1.807, 2.05) is 38.1 Å². The van der Waals surface area contributed by atoms with Gasteiger partial charge in [-0.1, -0.05) is 32.0 Å². The minimum atomic E-state index is -1.02. The second-order valence-corrected chi connectivity index (χ2v) is 6.15. The van der Waals surface area contributed by atoms with Crippen LogP contribution in [-0.2, 0) is 4.79 Å². The Morgan fingerprint density at radius 2 is 2.00 bits per heavy atom. The van der Waals surface area contributed by atoms with E-state index < -0.39 is 17.9 Å². The van der Waals surface area contributed by atoms with Crippen LogP contribution in [-0.4, -0.2) is 28.0 Å². The molecule has 6 heteroatoms. The number of aliphatic carboxylic acids is 1. The van der Waals surface area contributed by atoms with Crippen molar-refractivity contribution in [2.24, 2.45) is 5.92 Å². The Morgan fingerprint density at radius 3 is 2.57 bits per heavy atom. The number of carboxylic acids is 1. The maximum Gasteiger partial charge on any atom is 0.326 e. The fourth-order valence-corrected chi connectivity index (χ4v) is 2.81. The predicted octanol–water partition coefficient (Wildman–Crippen LogP) is 3.16. The van der Waals surface area contributed by atoms with Crippen LogP contribution in [0.15, 0.2) is 28.7 Å². The van der Waals surface area contributed by atoms with Crippen molar-refractivity contribution in [2.75, 3.05) is 0 Å². The number of rotatable bonds is 5. The first-order valence-corrected chi connectivity index (χ1v) is 7.49. The highest BCUT2D eigenvalue weighted by atomic mass is 79.9. The van der Waals surface area contributed by atoms with Gasteiger partial charge in [0.2, 0.25) is 0 Å². The smallest absolute Gasteiger partial charge is 0.326 e. The van der Waals surface area contributed by atoms with E-state index in [1.54, 1.807) is 0 Å². The average molecular weight is 353 g/mol. The summed E-state index contributed by atoms with van der Waals surface area (Å²) in [5.41, 5.74) is 1.16. The molecule has 1 aromatic heterocycles. The fourth-order valence-electron chi connectivity index (χ4n) is 2.19. The number of amides is 1. The van der Waals surface area contributed by atoms with Crippen LogP contribution < -0.4 is 5.32 Å². The van der Waals surface area contributed by atoms with Gasteiger partial charge >= 0.3 is 5.97 Å². The van der Waals surface area contributed by atoms with Crippen LogP contribution in [0.1, 0.15) is 30.8 Å². The van der Waals surface area contributed by atoms with Crippen molar-refractivity contribution >= 4 is 38.7 Å². The monoisotopic (exact) mass is 352 g/mol. The van der Waals surface area contributed by atoms with Gasteiger partial charge < -0.3 is 15.4 Å². The lowest BCUT2D eigenvalue weighted by Crippen LogP contribution is -2.41. The van der Waals surface area contributed by atoms with Gasteiger partial charge in [-0.25, -0.2) is 4.79 Å². The van der Waals surface area contributed by atoms with Gasteiger partial charge in [0.15, 0.2) is 0 Å². The zero-order chi connectivity index (χ0) is 15.6. The number of carboxylic acid groups (broad SMARTS) is 1. The van der Waals surface area contributed by atoms with Gasteiger partial charge in [-0.15, -0.1) is 0 Å². The highest BCUT2D eigenvalue weighted by Gasteiger charge is 2.24. The van der Waals surface area contributed by atoms with Gasteiger partial charge in [0.05, 0.1) is 4.47 Å². The number of hydrogen-bond donors (Lipinski definition) is 3. The minimum Gasteiger partial charge on any atom is -0.480 e. The summed E-state index contributed by atoms with van der Waals surface area (Å²) in [5, 5.41) is 12.6. The molecular formula is C15H17BrN2O3. The molecule has 0 radical (unpaired) electrons. The first-order chi connectivity index (χ1) is 9.90. The van der Waals surface area contributed by atoms with Gasteiger partial charge in [0, 0.05) is 10.9 Å². The van der Waals surface area contributed by atoms with Gasteiger partial charge in [0.25, 0.3) is 5.91 Å². The summed E-state index contributed by atoms with van der Waals surface area (Å²) in [6, 6.07) is 6.60. The molecule has 0 saturated heterocycles.